The van der Waals surface area contributed by atoms with Crippen molar-refractivity contribution in [2.24, 2.45) is 0 Å². The first-order chi connectivity index (χ1) is 6.79. The number of benzene rings is 1. The summed E-state index contributed by atoms with van der Waals surface area (Å²) >= 11 is 0. The van der Waals surface area contributed by atoms with Gasteiger partial charge in [-0.05, 0) is 18.9 Å². The summed E-state index contributed by atoms with van der Waals surface area (Å²) < 4.78 is 5.43. The van der Waals surface area contributed by atoms with E-state index in [2.05, 4.69) is 12.1 Å². The minimum Gasteiger partial charge on any atom is -0.370 e. The molecule has 0 spiro atoms. The molecule has 2 unspecified atom stereocenters. The monoisotopic (exact) mass is 190 g/mol. The first kappa shape index (κ1) is 9.41. The Morgan fingerprint density at radius 1 is 1.36 bits per heavy atom. The Balaban J connectivity index is 2.22. The molecule has 14 heavy (non-hydrogen) atoms. The predicted molar refractivity (Wildman–Crippen MR) is 54.2 cm³/mol. The van der Waals surface area contributed by atoms with E-state index in [0.717, 1.165) is 6.42 Å². The van der Waals surface area contributed by atoms with Crippen LogP contribution in [0.4, 0.5) is 0 Å². The van der Waals surface area contributed by atoms with E-state index >= 15 is 0 Å². The van der Waals surface area contributed by atoms with Crippen molar-refractivity contribution in [2.75, 3.05) is 6.61 Å². The van der Waals surface area contributed by atoms with Crippen molar-refractivity contribution in [3.05, 3.63) is 35.9 Å². The zero-order valence-electron chi connectivity index (χ0n) is 8.27. The van der Waals surface area contributed by atoms with E-state index < -0.39 is 0 Å². The van der Waals surface area contributed by atoms with Crippen molar-refractivity contribution in [1.29, 1.82) is 0 Å². The number of Topliss-reactive ketones (excluding diaryl/α,β-unsaturated/α-hetero) is 1. The highest BCUT2D eigenvalue weighted by Gasteiger charge is 2.32. The molecule has 1 aliphatic rings. The Bertz CT molecular complexity index is 318. The molecule has 0 radical (unpaired) electrons. The van der Waals surface area contributed by atoms with Crippen LogP contribution in [0, 0.1) is 0 Å². The summed E-state index contributed by atoms with van der Waals surface area (Å²) in [7, 11) is 0. The molecule has 1 heterocycles. The molecule has 0 aliphatic carbocycles. The molecule has 0 N–H and O–H groups in total. The zero-order valence-corrected chi connectivity index (χ0v) is 8.27. The second kappa shape index (κ2) is 3.93. The number of ether oxygens (including phenoxy) is 1. The zero-order chi connectivity index (χ0) is 9.97. The number of carbonyl (C=O) groups excluding carboxylic acids is 1. The highest BCUT2D eigenvalue weighted by Crippen LogP contribution is 2.31. The lowest BCUT2D eigenvalue weighted by molar-refractivity contribution is -0.126. The van der Waals surface area contributed by atoms with Crippen LogP contribution in [-0.2, 0) is 9.53 Å². The minimum atomic E-state index is -0.225. The number of carbonyl (C=O) groups is 1. The van der Waals surface area contributed by atoms with E-state index in [1.54, 1.807) is 6.92 Å². The summed E-state index contributed by atoms with van der Waals surface area (Å²) in [6.45, 7) is 2.30. The van der Waals surface area contributed by atoms with Gasteiger partial charge in [0.1, 0.15) is 6.10 Å². The fourth-order valence-corrected chi connectivity index (χ4v) is 2.03. The quantitative estimate of drug-likeness (QED) is 0.714. The average Bonchev–Trinajstić information content (AvgIpc) is 2.67. The fourth-order valence-electron chi connectivity index (χ4n) is 2.03. The van der Waals surface area contributed by atoms with E-state index in [9.17, 15) is 4.79 Å². The second-order valence-electron chi connectivity index (χ2n) is 3.71. The number of hydrogen-bond acceptors (Lipinski definition) is 2. The van der Waals surface area contributed by atoms with E-state index in [1.807, 2.05) is 18.2 Å². The van der Waals surface area contributed by atoms with Crippen LogP contribution in [0.2, 0.25) is 0 Å². The van der Waals surface area contributed by atoms with Gasteiger partial charge >= 0.3 is 0 Å². The molecule has 1 aromatic carbocycles. The Hall–Kier alpha value is -1.15. The molecule has 0 bridgehead atoms. The first-order valence-corrected chi connectivity index (χ1v) is 4.96. The van der Waals surface area contributed by atoms with Crippen molar-refractivity contribution in [3.8, 4) is 0 Å². The van der Waals surface area contributed by atoms with Gasteiger partial charge in [-0.1, -0.05) is 30.3 Å². The summed E-state index contributed by atoms with van der Waals surface area (Å²) in [6, 6.07) is 10.1. The van der Waals surface area contributed by atoms with Crippen molar-refractivity contribution in [3.63, 3.8) is 0 Å². The molecule has 1 aliphatic heterocycles. The maximum absolute atomic E-state index is 11.3. The lowest BCUT2D eigenvalue weighted by Gasteiger charge is -2.15. The Morgan fingerprint density at radius 2 is 2.07 bits per heavy atom. The number of hydrogen-bond donors (Lipinski definition) is 0. The van der Waals surface area contributed by atoms with Crippen molar-refractivity contribution < 1.29 is 9.53 Å². The molecule has 1 aromatic rings. The highest BCUT2D eigenvalue weighted by molar-refractivity contribution is 5.81. The van der Waals surface area contributed by atoms with Crippen LogP contribution in [0.1, 0.15) is 24.8 Å². The normalized spacial score (nSPS) is 26.4. The van der Waals surface area contributed by atoms with Gasteiger partial charge in [0.25, 0.3) is 0 Å². The number of ketones is 1. The molecule has 2 nitrogen and oxygen atoms in total. The molecule has 0 amide bonds. The molecule has 74 valence electrons. The maximum atomic E-state index is 11.3. The average molecular weight is 190 g/mol. The maximum Gasteiger partial charge on any atom is 0.159 e. The lowest BCUT2D eigenvalue weighted by atomic mass is 9.91. The van der Waals surface area contributed by atoms with E-state index in [0.29, 0.717) is 6.61 Å². The first-order valence-electron chi connectivity index (χ1n) is 4.96. The van der Waals surface area contributed by atoms with Gasteiger partial charge in [-0.15, -0.1) is 0 Å². The SMILES string of the molecule is CC(=O)C1OCCC1c1ccccc1. The molecule has 2 heteroatoms. The molecular weight excluding hydrogens is 176 g/mol. The molecule has 2 rings (SSSR count). The molecule has 1 saturated heterocycles. The Labute approximate surface area is 83.9 Å². The Kier molecular flexibility index (Phi) is 2.64. The Morgan fingerprint density at radius 3 is 2.71 bits per heavy atom. The smallest absolute Gasteiger partial charge is 0.159 e. The molecule has 2 atom stereocenters. The van der Waals surface area contributed by atoms with Gasteiger partial charge in [-0.3, -0.25) is 4.79 Å². The highest BCUT2D eigenvalue weighted by atomic mass is 16.5. The van der Waals surface area contributed by atoms with E-state index in [-0.39, 0.29) is 17.8 Å². The van der Waals surface area contributed by atoms with Crippen molar-refractivity contribution >= 4 is 5.78 Å². The molecule has 0 saturated carbocycles. The standard InChI is InChI=1S/C12H14O2/c1-9(13)12-11(7-8-14-12)10-5-3-2-4-6-10/h2-6,11-12H,7-8H2,1H3. The third kappa shape index (κ3) is 1.70. The minimum absolute atomic E-state index is 0.136. The van der Waals surface area contributed by atoms with E-state index in [4.69, 9.17) is 4.74 Å². The van der Waals surface area contributed by atoms with Crippen LogP contribution >= 0.6 is 0 Å². The van der Waals surface area contributed by atoms with Gasteiger partial charge in [0.15, 0.2) is 5.78 Å². The van der Waals surface area contributed by atoms with Gasteiger partial charge in [0, 0.05) is 12.5 Å². The van der Waals surface area contributed by atoms with E-state index in [1.165, 1.54) is 5.56 Å². The second-order valence-corrected chi connectivity index (χ2v) is 3.71. The number of rotatable bonds is 2. The van der Waals surface area contributed by atoms with Crippen LogP contribution in [0.5, 0.6) is 0 Å². The molecule has 0 aromatic heterocycles. The summed E-state index contributed by atoms with van der Waals surface area (Å²) in [5.41, 5.74) is 1.21. The summed E-state index contributed by atoms with van der Waals surface area (Å²) in [6.07, 6.45) is 0.728. The summed E-state index contributed by atoms with van der Waals surface area (Å²) in [5.74, 6) is 0.394. The molecular formula is C12H14O2. The third-order valence-electron chi connectivity index (χ3n) is 2.72. The summed E-state index contributed by atoms with van der Waals surface area (Å²) in [4.78, 5) is 11.3. The van der Waals surface area contributed by atoms with Crippen molar-refractivity contribution in [1.82, 2.24) is 0 Å². The largest absolute Gasteiger partial charge is 0.370 e. The van der Waals surface area contributed by atoms with Crippen molar-refractivity contribution in [2.45, 2.75) is 25.4 Å². The molecule has 1 fully saturated rings. The third-order valence-corrected chi connectivity index (χ3v) is 2.72. The van der Waals surface area contributed by atoms with Crippen LogP contribution in [0.15, 0.2) is 30.3 Å². The van der Waals surface area contributed by atoms with Crippen LogP contribution in [0.3, 0.4) is 0 Å². The predicted octanol–water partition coefficient (Wildman–Crippen LogP) is 2.15. The van der Waals surface area contributed by atoms with Crippen LogP contribution < -0.4 is 0 Å². The van der Waals surface area contributed by atoms with Gasteiger partial charge < -0.3 is 4.74 Å². The fraction of sp³-hybridized carbons (Fsp3) is 0.417. The lowest BCUT2D eigenvalue weighted by Crippen LogP contribution is -2.22. The van der Waals surface area contributed by atoms with Crippen LogP contribution in [-0.4, -0.2) is 18.5 Å². The van der Waals surface area contributed by atoms with Gasteiger partial charge in [0.05, 0.1) is 0 Å². The van der Waals surface area contributed by atoms with Gasteiger partial charge in [-0.2, -0.15) is 0 Å². The summed E-state index contributed by atoms with van der Waals surface area (Å²) in [5, 5.41) is 0. The van der Waals surface area contributed by atoms with Gasteiger partial charge in [0.2, 0.25) is 0 Å². The van der Waals surface area contributed by atoms with Crippen LogP contribution in [0.25, 0.3) is 0 Å². The van der Waals surface area contributed by atoms with Gasteiger partial charge in [-0.25, -0.2) is 0 Å². The topological polar surface area (TPSA) is 26.3 Å².